The van der Waals surface area contributed by atoms with Crippen molar-refractivity contribution >= 4 is 11.6 Å². The lowest BCUT2D eigenvalue weighted by Crippen LogP contribution is -2.21. The molecule has 0 spiro atoms. The second kappa shape index (κ2) is 7.31. The molecule has 1 heterocycles. The van der Waals surface area contributed by atoms with Crippen molar-refractivity contribution in [2.75, 3.05) is 6.61 Å². The van der Waals surface area contributed by atoms with Crippen molar-refractivity contribution in [1.29, 1.82) is 0 Å². The fourth-order valence-electron chi connectivity index (χ4n) is 1.74. The summed E-state index contributed by atoms with van der Waals surface area (Å²) in [6.45, 7) is 6.41. The number of hydrogen-bond acceptors (Lipinski definition) is 3. The zero-order valence-electron chi connectivity index (χ0n) is 11.8. The maximum atomic E-state index is 5.80. The van der Waals surface area contributed by atoms with Crippen molar-refractivity contribution in [3.8, 4) is 5.75 Å². The van der Waals surface area contributed by atoms with E-state index >= 15 is 0 Å². The molecule has 0 saturated heterocycles. The van der Waals surface area contributed by atoms with Crippen LogP contribution in [-0.4, -0.2) is 22.4 Å². The van der Waals surface area contributed by atoms with Gasteiger partial charge in [-0.15, -0.1) is 0 Å². The molecule has 0 radical (unpaired) electrons. The molecule has 0 aliphatic rings. The molecule has 0 saturated carbocycles. The summed E-state index contributed by atoms with van der Waals surface area (Å²) in [4.78, 5) is 0. The predicted molar refractivity (Wildman–Crippen MR) is 81.1 cm³/mol. The molecule has 2 aromatic rings. The van der Waals surface area contributed by atoms with E-state index in [9.17, 15) is 0 Å². The highest BCUT2D eigenvalue weighted by molar-refractivity contribution is 6.30. The molecule has 1 aromatic carbocycles. The molecule has 0 atom stereocenters. The van der Waals surface area contributed by atoms with Gasteiger partial charge >= 0.3 is 0 Å². The van der Waals surface area contributed by atoms with E-state index in [1.165, 1.54) is 5.56 Å². The van der Waals surface area contributed by atoms with Crippen LogP contribution in [0.25, 0.3) is 0 Å². The van der Waals surface area contributed by atoms with E-state index < -0.39 is 0 Å². The van der Waals surface area contributed by atoms with Crippen molar-refractivity contribution in [2.24, 2.45) is 0 Å². The molecular formula is C15H20ClN3O. The van der Waals surface area contributed by atoms with Gasteiger partial charge in [0.25, 0.3) is 0 Å². The normalized spacial score (nSPS) is 11.0. The summed E-state index contributed by atoms with van der Waals surface area (Å²) in [5.74, 6) is 0.872. The summed E-state index contributed by atoms with van der Waals surface area (Å²) in [5, 5.41) is 8.13. The third-order valence-corrected chi connectivity index (χ3v) is 3.02. The van der Waals surface area contributed by atoms with Crippen LogP contribution in [0.2, 0.25) is 5.02 Å². The first kappa shape index (κ1) is 14.9. The standard InChI is InChI=1S/C15H20ClN3O/c1-12(2)17-9-13-3-5-15(6-4-13)20-8-7-19-11-14(16)10-18-19/h3-6,10-12,17H,7-9H2,1-2H3. The Morgan fingerprint density at radius 1 is 1.30 bits per heavy atom. The van der Waals surface area contributed by atoms with E-state index in [2.05, 4.69) is 36.4 Å². The van der Waals surface area contributed by atoms with Gasteiger partial charge in [-0.05, 0) is 17.7 Å². The molecule has 0 amide bonds. The van der Waals surface area contributed by atoms with Crippen LogP contribution >= 0.6 is 11.6 Å². The Bertz CT molecular complexity index is 522. The molecule has 1 aromatic heterocycles. The summed E-state index contributed by atoms with van der Waals surface area (Å²) >= 11 is 5.80. The van der Waals surface area contributed by atoms with Crippen LogP contribution in [0.15, 0.2) is 36.7 Å². The van der Waals surface area contributed by atoms with Crippen molar-refractivity contribution in [2.45, 2.75) is 33.0 Å². The van der Waals surface area contributed by atoms with E-state index in [4.69, 9.17) is 16.3 Å². The topological polar surface area (TPSA) is 39.1 Å². The van der Waals surface area contributed by atoms with Gasteiger partial charge in [0.15, 0.2) is 0 Å². The number of nitrogens with one attached hydrogen (secondary N) is 1. The number of hydrogen-bond donors (Lipinski definition) is 1. The Labute approximate surface area is 124 Å². The molecule has 108 valence electrons. The highest BCUT2D eigenvalue weighted by Crippen LogP contribution is 2.12. The molecule has 0 unspecified atom stereocenters. The van der Waals surface area contributed by atoms with Crippen LogP contribution in [-0.2, 0) is 13.1 Å². The van der Waals surface area contributed by atoms with E-state index in [-0.39, 0.29) is 0 Å². The molecule has 4 nitrogen and oxygen atoms in total. The quantitative estimate of drug-likeness (QED) is 0.852. The lowest BCUT2D eigenvalue weighted by atomic mass is 10.2. The number of rotatable bonds is 7. The minimum absolute atomic E-state index is 0.492. The largest absolute Gasteiger partial charge is 0.492 e. The maximum Gasteiger partial charge on any atom is 0.119 e. The fourth-order valence-corrected chi connectivity index (χ4v) is 1.90. The van der Waals surface area contributed by atoms with E-state index in [0.717, 1.165) is 12.3 Å². The Kier molecular flexibility index (Phi) is 5.44. The van der Waals surface area contributed by atoms with Crippen molar-refractivity contribution in [3.05, 3.63) is 47.2 Å². The second-order valence-corrected chi connectivity index (χ2v) is 5.39. The van der Waals surface area contributed by atoms with Gasteiger partial charge in [-0.3, -0.25) is 4.68 Å². The zero-order chi connectivity index (χ0) is 14.4. The molecule has 20 heavy (non-hydrogen) atoms. The highest BCUT2D eigenvalue weighted by Gasteiger charge is 1.99. The van der Waals surface area contributed by atoms with Gasteiger partial charge < -0.3 is 10.1 Å². The SMILES string of the molecule is CC(C)NCc1ccc(OCCn2cc(Cl)cn2)cc1. The Morgan fingerprint density at radius 2 is 2.05 bits per heavy atom. The maximum absolute atomic E-state index is 5.80. The first-order valence-corrected chi connectivity index (χ1v) is 7.14. The predicted octanol–water partition coefficient (Wildman–Crippen LogP) is 3.11. The van der Waals surface area contributed by atoms with Crippen molar-refractivity contribution in [1.82, 2.24) is 15.1 Å². The zero-order valence-corrected chi connectivity index (χ0v) is 12.6. The number of aromatic nitrogens is 2. The third-order valence-electron chi connectivity index (χ3n) is 2.83. The fraction of sp³-hybridized carbons (Fsp3) is 0.400. The average Bonchev–Trinajstić information content (AvgIpc) is 2.83. The highest BCUT2D eigenvalue weighted by atomic mass is 35.5. The van der Waals surface area contributed by atoms with Gasteiger partial charge in [0, 0.05) is 18.8 Å². The Hall–Kier alpha value is -1.52. The monoisotopic (exact) mass is 293 g/mol. The van der Waals surface area contributed by atoms with Crippen LogP contribution in [0, 0.1) is 0 Å². The van der Waals surface area contributed by atoms with Gasteiger partial charge in [-0.25, -0.2) is 0 Å². The van der Waals surface area contributed by atoms with Crippen LogP contribution < -0.4 is 10.1 Å². The molecule has 1 N–H and O–H groups in total. The van der Waals surface area contributed by atoms with E-state index in [1.807, 2.05) is 12.1 Å². The van der Waals surface area contributed by atoms with Crippen LogP contribution in [0.5, 0.6) is 5.75 Å². The van der Waals surface area contributed by atoms with Crippen LogP contribution in [0.4, 0.5) is 0 Å². The Balaban J connectivity index is 1.76. The van der Waals surface area contributed by atoms with Crippen LogP contribution in [0.3, 0.4) is 0 Å². The average molecular weight is 294 g/mol. The van der Waals surface area contributed by atoms with Crippen LogP contribution in [0.1, 0.15) is 19.4 Å². The van der Waals surface area contributed by atoms with Gasteiger partial charge in [0.1, 0.15) is 12.4 Å². The Morgan fingerprint density at radius 3 is 2.65 bits per heavy atom. The molecule has 0 aliphatic heterocycles. The number of halogens is 1. The second-order valence-electron chi connectivity index (χ2n) is 4.95. The smallest absolute Gasteiger partial charge is 0.119 e. The summed E-state index contributed by atoms with van der Waals surface area (Å²) in [7, 11) is 0. The number of nitrogens with zero attached hydrogens (tertiary/aromatic N) is 2. The molecular weight excluding hydrogens is 274 g/mol. The molecule has 0 bridgehead atoms. The first-order chi connectivity index (χ1) is 9.63. The number of benzene rings is 1. The molecule has 2 rings (SSSR count). The van der Waals surface area contributed by atoms with Crippen molar-refractivity contribution < 1.29 is 4.74 Å². The number of ether oxygens (including phenoxy) is 1. The molecule has 5 heteroatoms. The van der Waals surface area contributed by atoms with E-state index in [0.29, 0.717) is 24.2 Å². The van der Waals surface area contributed by atoms with Gasteiger partial charge in [-0.1, -0.05) is 37.6 Å². The minimum Gasteiger partial charge on any atom is -0.492 e. The summed E-state index contributed by atoms with van der Waals surface area (Å²) < 4.78 is 7.44. The lowest BCUT2D eigenvalue weighted by Gasteiger charge is -2.09. The van der Waals surface area contributed by atoms with Crippen molar-refractivity contribution in [3.63, 3.8) is 0 Å². The summed E-state index contributed by atoms with van der Waals surface area (Å²) in [5.41, 5.74) is 1.25. The van der Waals surface area contributed by atoms with E-state index in [1.54, 1.807) is 17.1 Å². The molecule has 0 aliphatic carbocycles. The summed E-state index contributed by atoms with van der Waals surface area (Å²) in [6.07, 6.45) is 3.41. The van der Waals surface area contributed by atoms with Gasteiger partial charge in [-0.2, -0.15) is 5.10 Å². The van der Waals surface area contributed by atoms with Gasteiger partial charge in [0.2, 0.25) is 0 Å². The lowest BCUT2D eigenvalue weighted by molar-refractivity contribution is 0.291. The first-order valence-electron chi connectivity index (χ1n) is 6.76. The third kappa shape index (κ3) is 4.87. The summed E-state index contributed by atoms with van der Waals surface area (Å²) in [6, 6.07) is 8.64. The molecule has 0 fully saturated rings. The minimum atomic E-state index is 0.492. The van der Waals surface area contributed by atoms with Gasteiger partial charge in [0.05, 0.1) is 17.8 Å².